The van der Waals surface area contributed by atoms with Gasteiger partial charge in [0.1, 0.15) is 5.58 Å². The Labute approximate surface area is 116 Å². The number of carbonyl (C=O) groups is 1. The van der Waals surface area contributed by atoms with Gasteiger partial charge in [-0.2, -0.15) is 0 Å². The van der Waals surface area contributed by atoms with E-state index < -0.39 is 0 Å². The fourth-order valence-corrected chi connectivity index (χ4v) is 2.76. The number of ketones is 1. The molecule has 0 saturated heterocycles. The van der Waals surface area contributed by atoms with Crippen LogP contribution in [0.4, 0.5) is 0 Å². The zero-order valence-corrected chi connectivity index (χ0v) is 12.3. The fourth-order valence-electron chi connectivity index (χ4n) is 2.05. The predicted octanol–water partition coefficient (Wildman–Crippen LogP) is 3.72. The first kappa shape index (κ1) is 13.9. The normalized spacial score (nSPS) is 10.9. The van der Waals surface area contributed by atoms with Crippen molar-refractivity contribution in [1.29, 1.82) is 0 Å². The van der Waals surface area contributed by atoms with Crippen molar-refractivity contribution in [3.63, 3.8) is 0 Å². The van der Waals surface area contributed by atoms with Crippen LogP contribution < -0.4 is 5.43 Å². The number of hydrogen-bond donors (Lipinski definition) is 0. The van der Waals surface area contributed by atoms with Gasteiger partial charge < -0.3 is 4.42 Å². The van der Waals surface area contributed by atoms with Gasteiger partial charge in [0, 0.05) is 5.56 Å². The molecule has 0 atom stereocenters. The summed E-state index contributed by atoms with van der Waals surface area (Å²) in [5, 5.41) is 1.09. The molecule has 0 aliphatic heterocycles. The molecule has 19 heavy (non-hydrogen) atoms. The topological polar surface area (TPSA) is 47.3 Å². The van der Waals surface area contributed by atoms with Crippen molar-refractivity contribution in [2.75, 3.05) is 5.75 Å². The van der Waals surface area contributed by atoms with E-state index in [4.69, 9.17) is 4.42 Å². The van der Waals surface area contributed by atoms with Gasteiger partial charge in [0.15, 0.2) is 16.3 Å². The molecular formula is C15H16O3S. The summed E-state index contributed by atoms with van der Waals surface area (Å²) in [6.45, 7) is 7.12. The minimum absolute atomic E-state index is 0.0524. The number of carbonyl (C=O) groups excluding carboxylic acids is 1. The van der Waals surface area contributed by atoms with Crippen LogP contribution in [0.25, 0.3) is 11.0 Å². The lowest BCUT2D eigenvalue weighted by Gasteiger charge is -2.09. The molecule has 0 unspecified atom stereocenters. The molecule has 0 bridgehead atoms. The van der Waals surface area contributed by atoms with Gasteiger partial charge >= 0.3 is 0 Å². The second-order valence-electron chi connectivity index (χ2n) is 4.52. The van der Waals surface area contributed by atoms with E-state index in [1.807, 2.05) is 13.8 Å². The van der Waals surface area contributed by atoms with Crippen molar-refractivity contribution in [2.24, 2.45) is 0 Å². The molecule has 0 saturated carbocycles. The van der Waals surface area contributed by atoms with Crippen LogP contribution >= 0.6 is 11.8 Å². The molecule has 1 heterocycles. The molecule has 100 valence electrons. The maximum atomic E-state index is 12.4. The van der Waals surface area contributed by atoms with Crippen LogP contribution in [0.5, 0.6) is 0 Å². The number of rotatable bonds is 3. The SMILES string of the molecule is CCSc1oc2c(C(C)=O)cc(C)cc2c(=O)c1C. The lowest BCUT2D eigenvalue weighted by atomic mass is 10.0. The summed E-state index contributed by atoms with van der Waals surface area (Å²) in [5.41, 5.74) is 2.33. The van der Waals surface area contributed by atoms with E-state index in [0.717, 1.165) is 11.3 Å². The molecule has 1 aromatic carbocycles. The van der Waals surface area contributed by atoms with Gasteiger partial charge in [-0.1, -0.05) is 18.7 Å². The lowest BCUT2D eigenvalue weighted by molar-refractivity contribution is 0.101. The molecular weight excluding hydrogens is 260 g/mol. The largest absolute Gasteiger partial charge is 0.449 e. The summed E-state index contributed by atoms with van der Waals surface area (Å²) < 4.78 is 5.80. The number of aryl methyl sites for hydroxylation is 1. The number of benzene rings is 1. The quantitative estimate of drug-likeness (QED) is 0.633. The highest BCUT2D eigenvalue weighted by molar-refractivity contribution is 7.99. The van der Waals surface area contributed by atoms with Crippen LogP contribution in [-0.2, 0) is 0 Å². The maximum absolute atomic E-state index is 12.4. The molecule has 2 aromatic rings. The molecule has 4 heteroatoms. The van der Waals surface area contributed by atoms with Crippen molar-refractivity contribution < 1.29 is 9.21 Å². The van der Waals surface area contributed by atoms with Crippen LogP contribution in [-0.4, -0.2) is 11.5 Å². The molecule has 0 spiro atoms. The van der Waals surface area contributed by atoms with Gasteiger partial charge in [-0.25, -0.2) is 0 Å². The zero-order valence-electron chi connectivity index (χ0n) is 11.5. The molecule has 0 aliphatic rings. The number of Topliss-reactive ketones (excluding diaryl/α,β-unsaturated/α-hetero) is 1. The Morgan fingerprint density at radius 2 is 2.00 bits per heavy atom. The Kier molecular flexibility index (Phi) is 3.80. The highest BCUT2D eigenvalue weighted by Gasteiger charge is 2.16. The molecule has 0 N–H and O–H groups in total. The first-order chi connectivity index (χ1) is 8.95. The van der Waals surface area contributed by atoms with E-state index in [2.05, 4.69) is 0 Å². The Bertz CT molecular complexity index is 713. The van der Waals surface area contributed by atoms with Crippen molar-refractivity contribution in [2.45, 2.75) is 32.8 Å². The Morgan fingerprint density at radius 3 is 2.58 bits per heavy atom. The third kappa shape index (κ3) is 2.45. The summed E-state index contributed by atoms with van der Waals surface area (Å²) in [4.78, 5) is 24.1. The first-order valence-corrected chi connectivity index (χ1v) is 7.16. The van der Waals surface area contributed by atoms with Gasteiger partial charge in [-0.05, 0) is 44.2 Å². The molecule has 1 aromatic heterocycles. The molecule has 0 amide bonds. The van der Waals surface area contributed by atoms with Gasteiger partial charge in [-0.3, -0.25) is 9.59 Å². The third-order valence-corrected chi connectivity index (χ3v) is 3.91. The maximum Gasteiger partial charge on any atom is 0.196 e. The minimum atomic E-state index is -0.0897. The van der Waals surface area contributed by atoms with Crippen LogP contribution in [0.2, 0.25) is 0 Å². The highest BCUT2D eigenvalue weighted by Crippen LogP contribution is 2.27. The van der Waals surface area contributed by atoms with E-state index in [-0.39, 0.29) is 11.2 Å². The smallest absolute Gasteiger partial charge is 0.196 e. The Morgan fingerprint density at radius 1 is 1.32 bits per heavy atom. The van der Waals surface area contributed by atoms with Gasteiger partial charge in [0.2, 0.25) is 0 Å². The molecule has 0 fully saturated rings. The standard InChI is InChI=1S/C15H16O3S/c1-5-19-15-9(3)13(17)12-7-8(2)6-11(10(4)16)14(12)18-15/h6-7H,5H2,1-4H3. The first-order valence-electron chi connectivity index (χ1n) is 6.17. The number of thioether (sulfide) groups is 1. The van der Waals surface area contributed by atoms with Crippen molar-refractivity contribution in [3.05, 3.63) is 39.0 Å². The number of fused-ring (bicyclic) bond motifs is 1. The third-order valence-electron chi connectivity index (χ3n) is 2.97. The van der Waals surface area contributed by atoms with Crippen molar-refractivity contribution in [3.8, 4) is 0 Å². The van der Waals surface area contributed by atoms with Crippen LogP contribution in [0.15, 0.2) is 26.4 Å². The monoisotopic (exact) mass is 276 g/mol. The van der Waals surface area contributed by atoms with Gasteiger partial charge in [0.05, 0.1) is 10.9 Å². The van der Waals surface area contributed by atoms with Crippen LogP contribution in [0.3, 0.4) is 0 Å². The van der Waals surface area contributed by atoms with Crippen molar-refractivity contribution >= 4 is 28.5 Å². The molecule has 2 rings (SSSR count). The summed E-state index contributed by atoms with van der Waals surface area (Å²) in [7, 11) is 0. The lowest BCUT2D eigenvalue weighted by Crippen LogP contribution is -2.09. The molecule has 0 aliphatic carbocycles. The average Bonchev–Trinajstić information content (AvgIpc) is 2.36. The molecule has 0 radical (unpaired) electrons. The average molecular weight is 276 g/mol. The van der Waals surface area contributed by atoms with E-state index in [1.54, 1.807) is 19.1 Å². The Hall–Kier alpha value is -1.55. The van der Waals surface area contributed by atoms with E-state index >= 15 is 0 Å². The van der Waals surface area contributed by atoms with Crippen LogP contribution in [0.1, 0.15) is 35.3 Å². The summed E-state index contributed by atoms with van der Waals surface area (Å²) in [5.74, 6) is 0.726. The second kappa shape index (κ2) is 5.21. The number of hydrogen-bond acceptors (Lipinski definition) is 4. The highest BCUT2D eigenvalue weighted by atomic mass is 32.2. The van der Waals surface area contributed by atoms with E-state index in [1.165, 1.54) is 18.7 Å². The predicted molar refractivity (Wildman–Crippen MR) is 78.4 cm³/mol. The fraction of sp³-hybridized carbons (Fsp3) is 0.333. The van der Waals surface area contributed by atoms with E-state index in [9.17, 15) is 9.59 Å². The molecule has 3 nitrogen and oxygen atoms in total. The zero-order chi connectivity index (χ0) is 14.2. The van der Waals surface area contributed by atoms with Gasteiger partial charge in [-0.15, -0.1) is 0 Å². The summed E-state index contributed by atoms with van der Waals surface area (Å²) in [6, 6.07) is 3.55. The van der Waals surface area contributed by atoms with E-state index in [0.29, 0.717) is 27.2 Å². The van der Waals surface area contributed by atoms with Crippen molar-refractivity contribution in [1.82, 2.24) is 0 Å². The minimum Gasteiger partial charge on any atom is -0.449 e. The Balaban J connectivity index is 2.92. The summed E-state index contributed by atoms with van der Waals surface area (Å²) in [6.07, 6.45) is 0. The second-order valence-corrected chi connectivity index (χ2v) is 5.76. The summed E-state index contributed by atoms with van der Waals surface area (Å²) >= 11 is 1.48. The van der Waals surface area contributed by atoms with Crippen LogP contribution in [0, 0.1) is 13.8 Å². The van der Waals surface area contributed by atoms with Gasteiger partial charge in [0.25, 0.3) is 0 Å².